The van der Waals surface area contributed by atoms with Crippen LogP contribution in [-0.2, 0) is 5.41 Å². The standard InChI is InChI=1S/C15H18OS/c1-15(2,3)13-9-11(5-6-14(13)16-4)12-7-8-17-10-12/h5-10H,1-4H3. The highest BCUT2D eigenvalue weighted by Crippen LogP contribution is 2.35. The first-order valence-electron chi connectivity index (χ1n) is 5.73. The predicted octanol–water partition coefficient (Wildman–Crippen LogP) is 4.72. The van der Waals surface area contributed by atoms with Crippen LogP contribution in [0.4, 0.5) is 0 Å². The van der Waals surface area contributed by atoms with Gasteiger partial charge in [0.25, 0.3) is 0 Å². The van der Waals surface area contributed by atoms with E-state index in [4.69, 9.17) is 4.74 Å². The van der Waals surface area contributed by atoms with Gasteiger partial charge in [-0.15, -0.1) is 0 Å². The summed E-state index contributed by atoms with van der Waals surface area (Å²) < 4.78 is 5.45. The van der Waals surface area contributed by atoms with Gasteiger partial charge in [-0.3, -0.25) is 0 Å². The first-order valence-corrected chi connectivity index (χ1v) is 6.68. The van der Waals surface area contributed by atoms with Crippen molar-refractivity contribution in [1.82, 2.24) is 0 Å². The van der Waals surface area contributed by atoms with Crippen LogP contribution in [0.15, 0.2) is 35.0 Å². The largest absolute Gasteiger partial charge is 0.496 e. The molecule has 0 saturated carbocycles. The maximum absolute atomic E-state index is 5.45. The molecule has 0 atom stereocenters. The number of methoxy groups -OCH3 is 1. The molecule has 1 nitrogen and oxygen atoms in total. The fourth-order valence-corrected chi connectivity index (χ4v) is 2.57. The normalized spacial score (nSPS) is 11.5. The molecule has 0 N–H and O–H groups in total. The Kier molecular flexibility index (Phi) is 3.25. The molecule has 0 fully saturated rings. The van der Waals surface area contributed by atoms with Gasteiger partial charge in [-0.2, -0.15) is 11.3 Å². The third-order valence-electron chi connectivity index (χ3n) is 2.86. The zero-order valence-corrected chi connectivity index (χ0v) is 11.6. The number of thiophene rings is 1. The molecule has 0 unspecified atom stereocenters. The van der Waals surface area contributed by atoms with E-state index in [0.717, 1.165) is 5.75 Å². The second kappa shape index (κ2) is 4.53. The summed E-state index contributed by atoms with van der Waals surface area (Å²) in [5.41, 5.74) is 3.89. The highest BCUT2D eigenvalue weighted by atomic mass is 32.1. The lowest BCUT2D eigenvalue weighted by Gasteiger charge is -2.22. The average molecular weight is 246 g/mol. The van der Waals surface area contributed by atoms with E-state index in [1.165, 1.54) is 16.7 Å². The van der Waals surface area contributed by atoms with E-state index < -0.39 is 0 Å². The van der Waals surface area contributed by atoms with Gasteiger partial charge >= 0.3 is 0 Å². The zero-order chi connectivity index (χ0) is 12.5. The van der Waals surface area contributed by atoms with E-state index >= 15 is 0 Å². The fourth-order valence-electron chi connectivity index (χ4n) is 1.90. The van der Waals surface area contributed by atoms with Crippen LogP contribution in [0.2, 0.25) is 0 Å². The summed E-state index contributed by atoms with van der Waals surface area (Å²) in [6.45, 7) is 6.63. The van der Waals surface area contributed by atoms with E-state index in [1.807, 2.05) is 0 Å². The fraction of sp³-hybridized carbons (Fsp3) is 0.333. The van der Waals surface area contributed by atoms with Gasteiger partial charge in [0.15, 0.2) is 0 Å². The molecule has 0 spiro atoms. The van der Waals surface area contributed by atoms with Crippen LogP contribution < -0.4 is 4.74 Å². The molecule has 1 aromatic carbocycles. The topological polar surface area (TPSA) is 9.23 Å². The second-order valence-electron chi connectivity index (χ2n) is 5.18. The smallest absolute Gasteiger partial charge is 0.122 e. The highest BCUT2D eigenvalue weighted by Gasteiger charge is 2.19. The van der Waals surface area contributed by atoms with Crippen molar-refractivity contribution in [3.63, 3.8) is 0 Å². The van der Waals surface area contributed by atoms with E-state index in [-0.39, 0.29) is 5.41 Å². The molecule has 0 saturated heterocycles. The van der Waals surface area contributed by atoms with Crippen molar-refractivity contribution in [1.29, 1.82) is 0 Å². The van der Waals surface area contributed by atoms with Crippen molar-refractivity contribution in [2.24, 2.45) is 0 Å². The third-order valence-corrected chi connectivity index (χ3v) is 3.55. The maximum atomic E-state index is 5.45. The Bertz CT molecular complexity index is 492. The lowest BCUT2D eigenvalue weighted by Crippen LogP contribution is -2.12. The zero-order valence-electron chi connectivity index (χ0n) is 10.8. The van der Waals surface area contributed by atoms with E-state index in [1.54, 1.807) is 18.4 Å². The van der Waals surface area contributed by atoms with Crippen molar-refractivity contribution in [2.45, 2.75) is 26.2 Å². The van der Waals surface area contributed by atoms with E-state index in [2.05, 4.69) is 55.8 Å². The summed E-state index contributed by atoms with van der Waals surface area (Å²) in [6, 6.07) is 8.57. The summed E-state index contributed by atoms with van der Waals surface area (Å²) in [4.78, 5) is 0. The molecule has 2 aromatic rings. The molecule has 17 heavy (non-hydrogen) atoms. The molecule has 90 valence electrons. The number of rotatable bonds is 2. The SMILES string of the molecule is COc1ccc(-c2ccsc2)cc1C(C)(C)C. The van der Waals surface area contributed by atoms with Crippen LogP contribution >= 0.6 is 11.3 Å². The van der Waals surface area contributed by atoms with Gasteiger partial charge in [-0.1, -0.05) is 26.8 Å². The average Bonchev–Trinajstić information content (AvgIpc) is 2.80. The minimum Gasteiger partial charge on any atom is -0.496 e. The van der Waals surface area contributed by atoms with Crippen LogP contribution in [0.5, 0.6) is 5.75 Å². The molecule has 0 radical (unpaired) electrons. The molecule has 1 aromatic heterocycles. The van der Waals surface area contributed by atoms with Gasteiger partial charge in [-0.25, -0.2) is 0 Å². The van der Waals surface area contributed by atoms with Gasteiger partial charge in [0.2, 0.25) is 0 Å². The van der Waals surface area contributed by atoms with Gasteiger partial charge in [0.05, 0.1) is 7.11 Å². The summed E-state index contributed by atoms with van der Waals surface area (Å²) in [5, 5.41) is 4.28. The molecular formula is C15H18OS. The maximum Gasteiger partial charge on any atom is 0.122 e. The van der Waals surface area contributed by atoms with Crippen molar-refractivity contribution in [3.8, 4) is 16.9 Å². The Morgan fingerprint density at radius 2 is 1.82 bits per heavy atom. The Balaban J connectivity index is 2.53. The van der Waals surface area contributed by atoms with Crippen LogP contribution in [0, 0.1) is 0 Å². The first-order chi connectivity index (χ1) is 8.02. The van der Waals surface area contributed by atoms with Crippen LogP contribution in [0.1, 0.15) is 26.3 Å². The monoisotopic (exact) mass is 246 g/mol. The molecule has 0 aliphatic carbocycles. The molecule has 1 heterocycles. The summed E-state index contributed by atoms with van der Waals surface area (Å²) in [7, 11) is 1.73. The van der Waals surface area contributed by atoms with E-state index in [9.17, 15) is 0 Å². The van der Waals surface area contributed by atoms with Gasteiger partial charge in [0.1, 0.15) is 5.75 Å². The molecule has 0 bridgehead atoms. The number of benzene rings is 1. The lowest BCUT2D eigenvalue weighted by atomic mass is 9.85. The Labute approximate surface area is 107 Å². The van der Waals surface area contributed by atoms with Crippen molar-refractivity contribution in [3.05, 3.63) is 40.6 Å². The molecule has 0 aliphatic heterocycles. The van der Waals surface area contributed by atoms with Crippen LogP contribution in [0.3, 0.4) is 0 Å². The highest BCUT2D eigenvalue weighted by molar-refractivity contribution is 7.08. The third kappa shape index (κ3) is 2.52. The Morgan fingerprint density at radius 3 is 2.35 bits per heavy atom. The van der Waals surface area contributed by atoms with Crippen molar-refractivity contribution >= 4 is 11.3 Å². The Morgan fingerprint density at radius 1 is 1.06 bits per heavy atom. The molecule has 2 heteroatoms. The molecule has 0 amide bonds. The molecule has 0 aliphatic rings. The second-order valence-corrected chi connectivity index (χ2v) is 5.96. The Hall–Kier alpha value is -1.28. The van der Waals surface area contributed by atoms with Crippen LogP contribution in [-0.4, -0.2) is 7.11 Å². The van der Waals surface area contributed by atoms with Gasteiger partial charge in [-0.05, 0) is 45.5 Å². The predicted molar refractivity (Wildman–Crippen MR) is 75.0 cm³/mol. The summed E-state index contributed by atoms with van der Waals surface area (Å²) >= 11 is 1.73. The minimum absolute atomic E-state index is 0.0946. The van der Waals surface area contributed by atoms with E-state index in [0.29, 0.717) is 0 Å². The molecule has 2 rings (SSSR count). The quantitative estimate of drug-likeness (QED) is 0.745. The van der Waals surface area contributed by atoms with Gasteiger partial charge in [0, 0.05) is 5.56 Å². The summed E-state index contributed by atoms with van der Waals surface area (Å²) in [6.07, 6.45) is 0. The summed E-state index contributed by atoms with van der Waals surface area (Å²) in [5.74, 6) is 0.969. The number of ether oxygens (including phenoxy) is 1. The minimum atomic E-state index is 0.0946. The lowest BCUT2D eigenvalue weighted by molar-refractivity contribution is 0.397. The van der Waals surface area contributed by atoms with Crippen molar-refractivity contribution in [2.75, 3.05) is 7.11 Å². The number of hydrogen-bond donors (Lipinski definition) is 0. The van der Waals surface area contributed by atoms with Crippen LogP contribution in [0.25, 0.3) is 11.1 Å². The number of hydrogen-bond acceptors (Lipinski definition) is 2. The van der Waals surface area contributed by atoms with Crippen molar-refractivity contribution < 1.29 is 4.74 Å². The van der Waals surface area contributed by atoms with Gasteiger partial charge < -0.3 is 4.74 Å². The molecular weight excluding hydrogens is 228 g/mol. The first kappa shape index (κ1) is 12.2.